The summed E-state index contributed by atoms with van der Waals surface area (Å²) in [5, 5.41) is 17.1. The van der Waals surface area contributed by atoms with E-state index in [2.05, 4.69) is 10.3 Å². The van der Waals surface area contributed by atoms with Crippen LogP contribution in [0, 0.1) is 17.0 Å². The van der Waals surface area contributed by atoms with E-state index in [4.69, 9.17) is 0 Å². The monoisotopic (exact) mass is 277 g/mol. The zero-order valence-corrected chi connectivity index (χ0v) is 11.6. The molecule has 1 heterocycles. The van der Waals surface area contributed by atoms with Crippen molar-refractivity contribution in [3.05, 3.63) is 56.0 Å². The van der Waals surface area contributed by atoms with Crippen LogP contribution >= 0.6 is 11.3 Å². The second kappa shape index (κ2) is 5.90. The van der Waals surface area contributed by atoms with E-state index in [1.807, 2.05) is 25.3 Å². The lowest BCUT2D eigenvalue weighted by atomic mass is 10.1. The first kappa shape index (κ1) is 13.6. The molecule has 2 rings (SSSR count). The van der Waals surface area contributed by atoms with Gasteiger partial charge in [0.1, 0.15) is 5.01 Å². The summed E-state index contributed by atoms with van der Waals surface area (Å²) in [4.78, 5) is 14.7. The molecule has 0 bridgehead atoms. The van der Waals surface area contributed by atoms with E-state index in [-0.39, 0.29) is 16.7 Å². The third kappa shape index (κ3) is 3.59. The predicted octanol–water partition coefficient (Wildman–Crippen LogP) is 3.21. The number of benzene rings is 1. The molecule has 0 saturated carbocycles. The zero-order chi connectivity index (χ0) is 13.8. The van der Waals surface area contributed by atoms with Crippen LogP contribution in [0.1, 0.15) is 29.2 Å². The molecule has 0 aliphatic heterocycles. The second-order valence-electron chi connectivity index (χ2n) is 4.34. The largest absolute Gasteiger partial charge is 0.304 e. The Morgan fingerprint density at radius 3 is 2.95 bits per heavy atom. The third-order valence-corrected chi connectivity index (χ3v) is 3.77. The average molecular weight is 277 g/mol. The first-order chi connectivity index (χ1) is 9.06. The lowest BCUT2D eigenvalue weighted by molar-refractivity contribution is -0.384. The Kier molecular flexibility index (Phi) is 4.24. The summed E-state index contributed by atoms with van der Waals surface area (Å²) < 4.78 is 0. The van der Waals surface area contributed by atoms with Crippen LogP contribution in [0.3, 0.4) is 0 Å². The van der Waals surface area contributed by atoms with Crippen LogP contribution in [-0.4, -0.2) is 9.91 Å². The average Bonchev–Trinajstić information content (AvgIpc) is 2.82. The fraction of sp³-hybridized carbons (Fsp3) is 0.308. The Hall–Kier alpha value is -1.79. The van der Waals surface area contributed by atoms with E-state index in [0.29, 0.717) is 6.54 Å². The maximum atomic E-state index is 10.7. The number of non-ortho nitro benzene ring substituents is 1. The lowest BCUT2D eigenvalue weighted by Crippen LogP contribution is -2.18. The summed E-state index contributed by atoms with van der Waals surface area (Å²) in [6.07, 6.45) is 0. The predicted molar refractivity (Wildman–Crippen MR) is 75.2 cm³/mol. The Balaban J connectivity index is 2.01. The molecule has 0 spiro atoms. The zero-order valence-electron chi connectivity index (χ0n) is 10.8. The van der Waals surface area contributed by atoms with Gasteiger partial charge in [-0.05, 0) is 19.4 Å². The van der Waals surface area contributed by atoms with Gasteiger partial charge < -0.3 is 5.32 Å². The van der Waals surface area contributed by atoms with E-state index in [0.717, 1.165) is 16.3 Å². The van der Waals surface area contributed by atoms with Gasteiger partial charge in [-0.2, -0.15) is 0 Å². The molecule has 1 atom stereocenters. The number of thiazole rings is 1. The Labute approximate surface area is 115 Å². The number of nitro benzene ring substituents is 1. The Morgan fingerprint density at radius 2 is 2.32 bits per heavy atom. The molecule has 19 heavy (non-hydrogen) atoms. The van der Waals surface area contributed by atoms with Crippen LogP contribution in [-0.2, 0) is 6.54 Å². The van der Waals surface area contributed by atoms with Crippen LogP contribution in [0.4, 0.5) is 5.69 Å². The fourth-order valence-electron chi connectivity index (χ4n) is 1.75. The molecule has 5 nitrogen and oxygen atoms in total. The molecule has 0 saturated heterocycles. The number of hydrogen-bond acceptors (Lipinski definition) is 5. The van der Waals surface area contributed by atoms with Gasteiger partial charge in [0.05, 0.1) is 4.92 Å². The molecule has 0 fully saturated rings. The molecule has 0 amide bonds. The molecule has 0 aliphatic carbocycles. The van der Waals surface area contributed by atoms with Gasteiger partial charge in [0.15, 0.2) is 0 Å². The molecule has 0 aliphatic rings. The van der Waals surface area contributed by atoms with Crippen molar-refractivity contribution in [1.82, 2.24) is 10.3 Å². The van der Waals surface area contributed by atoms with Crippen molar-refractivity contribution >= 4 is 17.0 Å². The molecule has 2 aromatic rings. The summed E-state index contributed by atoms with van der Waals surface area (Å²) in [5.74, 6) is 0. The van der Waals surface area contributed by atoms with Crippen molar-refractivity contribution < 1.29 is 4.92 Å². The van der Waals surface area contributed by atoms with Crippen molar-refractivity contribution in [2.75, 3.05) is 0 Å². The first-order valence-electron chi connectivity index (χ1n) is 5.95. The fourth-order valence-corrected chi connectivity index (χ4v) is 2.47. The quantitative estimate of drug-likeness (QED) is 0.673. The Morgan fingerprint density at radius 1 is 1.53 bits per heavy atom. The number of rotatable bonds is 5. The van der Waals surface area contributed by atoms with Crippen LogP contribution < -0.4 is 5.32 Å². The van der Waals surface area contributed by atoms with Gasteiger partial charge in [-0.1, -0.05) is 12.1 Å². The minimum Gasteiger partial charge on any atom is -0.304 e. The number of nitrogens with zero attached hydrogens (tertiary/aromatic N) is 2. The molecular formula is C13H15N3O2S. The molecule has 0 radical (unpaired) electrons. The van der Waals surface area contributed by atoms with Crippen LogP contribution in [0.25, 0.3) is 0 Å². The minimum atomic E-state index is -0.375. The van der Waals surface area contributed by atoms with Gasteiger partial charge >= 0.3 is 0 Å². The van der Waals surface area contributed by atoms with Gasteiger partial charge in [-0.15, -0.1) is 11.3 Å². The van der Waals surface area contributed by atoms with Crippen LogP contribution in [0.15, 0.2) is 29.6 Å². The van der Waals surface area contributed by atoms with Crippen molar-refractivity contribution in [3.63, 3.8) is 0 Å². The topological polar surface area (TPSA) is 68.1 Å². The van der Waals surface area contributed by atoms with Crippen LogP contribution in [0.5, 0.6) is 0 Å². The minimum absolute atomic E-state index is 0.0455. The van der Waals surface area contributed by atoms with Gasteiger partial charge in [0.25, 0.3) is 5.69 Å². The van der Waals surface area contributed by atoms with E-state index in [9.17, 15) is 10.1 Å². The van der Waals surface area contributed by atoms with Crippen molar-refractivity contribution in [1.29, 1.82) is 0 Å². The maximum absolute atomic E-state index is 10.7. The summed E-state index contributed by atoms with van der Waals surface area (Å²) in [7, 11) is 0. The Bertz CT molecular complexity index is 583. The molecule has 1 aromatic carbocycles. The van der Waals surface area contributed by atoms with Crippen LogP contribution in [0.2, 0.25) is 0 Å². The highest BCUT2D eigenvalue weighted by molar-refractivity contribution is 7.09. The SMILES string of the molecule is Cc1csc(CNC(C)c2cccc([N+](=O)[O-])c2)n1. The standard InChI is InChI=1S/C13H15N3O2S/c1-9-8-19-13(15-9)7-14-10(2)11-4-3-5-12(6-11)16(17)18/h3-6,8,10,14H,7H2,1-2H3. The van der Waals surface area contributed by atoms with Gasteiger partial charge in [0.2, 0.25) is 0 Å². The molecule has 100 valence electrons. The van der Waals surface area contributed by atoms with E-state index < -0.39 is 0 Å². The van der Waals surface area contributed by atoms with Gasteiger partial charge in [0, 0.05) is 35.8 Å². The molecule has 1 aromatic heterocycles. The summed E-state index contributed by atoms with van der Waals surface area (Å²) in [6, 6.07) is 6.74. The molecule has 1 unspecified atom stereocenters. The number of aryl methyl sites for hydroxylation is 1. The number of nitrogens with one attached hydrogen (secondary N) is 1. The van der Waals surface area contributed by atoms with Gasteiger partial charge in [-0.25, -0.2) is 4.98 Å². The normalized spacial score (nSPS) is 12.3. The maximum Gasteiger partial charge on any atom is 0.269 e. The molecule has 1 N–H and O–H groups in total. The first-order valence-corrected chi connectivity index (χ1v) is 6.83. The van der Waals surface area contributed by atoms with E-state index in [1.54, 1.807) is 23.5 Å². The summed E-state index contributed by atoms with van der Waals surface area (Å²) in [6.45, 7) is 4.62. The summed E-state index contributed by atoms with van der Waals surface area (Å²) >= 11 is 1.61. The van der Waals surface area contributed by atoms with Crippen molar-refractivity contribution in [3.8, 4) is 0 Å². The van der Waals surface area contributed by atoms with E-state index in [1.165, 1.54) is 6.07 Å². The second-order valence-corrected chi connectivity index (χ2v) is 5.28. The number of aromatic nitrogens is 1. The third-order valence-electron chi connectivity index (χ3n) is 2.81. The van der Waals surface area contributed by atoms with Crippen molar-refractivity contribution in [2.24, 2.45) is 0 Å². The number of hydrogen-bond donors (Lipinski definition) is 1. The van der Waals surface area contributed by atoms with Crippen molar-refractivity contribution in [2.45, 2.75) is 26.4 Å². The molecule has 6 heteroatoms. The van der Waals surface area contributed by atoms with E-state index >= 15 is 0 Å². The smallest absolute Gasteiger partial charge is 0.269 e. The van der Waals surface area contributed by atoms with Gasteiger partial charge in [-0.3, -0.25) is 10.1 Å². The lowest BCUT2D eigenvalue weighted by Gasteiger charge is -2.12. The summed E-state index contributed by atoms with van der Waals surface area (Å²) in [5.41, 5.74) is 2.04. The highest BCUT2D eigenvalue weighted by Gasteiger charge is 2.11. The highest BCUT2D eigenvalue weighted by Crippen LogP contribution is 2.19. The molecular weight excluding hydrogens is 262 g/mol. The highest BCUT2D eigenvalue weighted by atomic mass is 32.1. The number of nitro groups is 1.